The number of halogens is 1. The molecule has 0 radical (unpaired) electrons. The summed E-state index contributed by atoms with van der Waals surface area (Å²) in [5, 5.41) is 0. The monoisotopic (exact) mass is 581 g/mol. The Labute approximate surface area is 240 Å². The second-order valence-electron chi connectivity index (χ2n) is 11.3. The van der Waals surface area contributed by atoms with E-state index < -0.39 is 0 Å². The minimum Gasteiger partial charge on any atom is -0.332 e. The van der Waals surface area contributed by atoms with Crippen LogP contribution >= 0.6 is 15.9 Å². The molecular weight excluding hydrogens is 546 g/mol. The number of benzene rings is 3. The first-order valence-corrected chi connectivity index (χ1v) is 15.1. The molecule has 1 amide bonds. The van der Waals surface area contributed by atoms with Crippen LogP contribution in [0.4, 0.5) is 0 Å². The quantitative estimate of drug-likeness (QED) is 0.220. The van der Waals surface area contributed by atoms with Crippen LogP contribution in [0.15, 0.2) is 83.5 Å². The number of amides is 1. The molecule has 0 saturated heterocycles. The SMILES string of the molecule is Cc1ccc(Br)c(C(=O)N(Cc2cnc(-c3ccccc3)n2C2Cc3ccccc3C2)CC2CCCCC2)c1. The summed E-state index contributed by atoms with van der Waals surface area (Å²) in [7, 11) is 0. The summed E-state index contributed by atoms with van der Waals surface area (Å²) in [6, 6.07) is 25.6. The molecule has 200 valence electrons. The lowest BCUT2D eigenvalue weighted by molar-refractivity contribution is 0.0692. The molecular formula is C34H36BrN3O. The van der Waals surface area contributed by atoms with Gasteiger partial charge in [0, 0.05) is 22.6 Å². The van der Waals surface area contributed by atoms with Crippen molar-refractivity contribution in [1.29, 1.82) is 0 Å². The molecule has 0 bridgehead atoms. The number of imidazole rings is 1. The van der Waals surface area contributed by atoms with E-state index in [1.54, 1.807) is 0 Å². The zero-order chi connectivity index (χ0) is 26.8. The Morgan fingerprint density at radius 1 is 0.949 bits per heavy atom. The Morgan fingerprint density at radius 3 is 2.36 bits per heavy atom. The van der Waals surface area contributed by atoms with Crippen molar-refractivity contribution in [2.75, 3.05) is 6.54 Å². The Hall–Kier alpha value is -3.18. The maximum Gasteiger partial charge on any atom is 0.255 e. The Kier molecular flexibility index (Phi) is 7.69. The molecule has 5 heteroatoms. The highest BCUT2D eigenvalue weighted by Gasteiger charge is 2.30. The molecule has 0 N–H and O–H groups in total. The van der Waals surface area contributed by atoms with E-state index in [0.29, 0.717) is 12.5 Å². The van der Waals surface area contributed by atoms with Crippen molar-refractivity contribution < 1.29 is 4.79 Å². The first-order valence-electron chi connectivity index (χ1n) is 14.3. The molecule has 39 heavy (non-hydrogen) atoms. The van der Waals surface area contributed by atoms with Crippen LogP contribution in [-0.4, -0.2) is 26.9 Å². The molecule has 2 aliphatic rings. The van der Waals surface area contributed by atoms with Crippen LogP contribution in [0, 0.1) is 12.8 Å². The predicted octanol–water partition coefficient (Wildman–Crippen LogP) is 8.18. The summed E-state index contributed by atoms with van der Waals surface area (Å²) >= 11 is 3.66. The second kappa shape index (κ2) is 11.5. The van der Waals surface area contributed by atoms with Crippen LogP contribution < -0.4 is 0 Å². The molecule has 0 unspecified atom stereocenters. The van der Waals surface area contributed by atoms with Crippen molar-refractivity contribution >= 4 is 21.8 Å². The fraction of sp³-hybridized carbons (Fsp3) is 0.353. The lowest BCUT2D eigenvalue weighted by Crippen LogP contribution is -2.36. The van der Waals surface area contributed by atoms with E-state index in [0.717, 1.165) is 52.1 Å². The smallest absolute Gasteiger partial charge is 0.255 e. The molecule has 3 aromatic carbocycles. The van der Waals surface area contributed by atoms with E-state index in [-0.39, 0.29) is 11.9 Å². The van der Waals surface area contributed by atoms with Gasteiger partial charge in [0.25, 0.3) is 5.91 Å². The van der Waals surface area contributed by atoms with Gasteiger partial charge in [0.1, 0.15) is 5.82 Å². The van der Waals surface area contributed by atoms with Crippen LogP contribution in [0.5, 0.6) is 0 Å². The topological polar surface area (TPSA) is 38.1 Å². The van der Waals surface area contributed by atoms with Gasteiger partial charge in [0.2, 0.25) is 0 Å². The molecule has 1 fully saturated rings. The van der Waals surface area contributed by atoms with Crippen molar-refractivity contribution in [2.24, 2.45) is 5.92 Å². The fourth-order valence-corrected chi connectivity index (χ4v) is 6.93. The molecule has 0 atom stereocenters. The standard InChI is InChI=1S/C34H36BrN3O/c1-24-16-17-32(35)31(18-24)34(39)37(22-25-10-4-2-5-11-25)23-30-21-36-33(26-12-6-3-7-13-26)38(30)29-19-27-14-8-9-15-28(27)20-29/h3,6-9,12-18,21,25,29H,2,4-5,10-11,19-20,22-23H2,1H3. The maximum atomic E-state index is 14.2. The number of rotatable bonds is 7. The van der Waals surface area contributed by atoms with Crippen molar-refractivity contribution in [1.82, 2.24) is 14.5 Å². The zero-order valence-corrected chi connectivity index (χ0v) is 24.2. The fourth-order valence-electron chi connectivity index (χ4n) is 6.51. The van der Waals surface area contributed by atoms with E-state index in [1.165, 1.54) is 43.2 Å². The first kappa shape index (κ1) is 26.1. The van der Waals surface area contributed by atoms with Crippen molar-refractivity contribution in [3.8, 4) is 11.4 Å². The molecule has 1 aromatic heterocycles. The van der Waals surface area contributed by atoms with Gasteiger partial charge in [0.15, 0.2) is 0 Å². The molecule has 2 aliphatic carbocycles. The van der Waals surface area contributed by atoms with E-state index in [2.05, 4.69) is 73.9 Å². The Morgan fingerprint density at radius 2 is 1.64 bits per heavy atom. The third-order valence-corrected chi connectivity index (χ3v) is 9.19. The number of carbonyl (C=O) groups is 1. The molecule has 4 aromatic rings. The van der Waals surface area contributed by atoms with Crippen LogP contribution in [0.2, 0.25) is 0 Å². The molecule has 6 rings (SSSR count). The van der Waals surface area contributed by atoms with Crippen LogP contribution in [0.25, 0.3) is 11.4 Å². The van der Waals surface area contributed by atoms with E-state index in [4.69, 9.17) is 4.98 Å². The van der Waals surface area contributed by atoms with Gasteiger partial charge in [0.05, 0.1) is 24.0 Å². The van der Waals surface area contributed by atoms with Crippen molar-refractivity contribution in [3.63, 3.8) is 0 Å². The predicted molar refractivity (Wildman–Crippen MR) is 161 cm³/mol. The third-order valence-electron chi connectivity index (χ3n) is 8.50. The largest absolute Gasteiger partial charge is 0.332 e. The van der Waals surface area contributed by atoms with Gasteiger partial charge < -0.3 is 9.47 Å². The Bertz CT molecular complexity index is 1430. The highest BCUT2D eigenvalue weighted by Crippen LogP contribution is 2.35. The van der Waals surface area contributed by atoms with Gasteiger partial charge in [-0.15, -0.1) is 0 Å². The van der Waals surface area contributed by atoms with Crippen molar-refractivity contribution in [2.45, 2.75) is 64.5 Å². The number of fused-ring (bicyclic) bond motifs is 1. The molecule has 0 aliphatic heterocycles. The number of hydrogen-bond acceptors (Lipinski definition) is 2. The lowest BCUT2D eigenvalue weighted by Gasteiger charge is -2.31. The number of carbonyl (C=O) groups excluding carboxylic acids is 1. The summed E-state index contributed by atoms with van der Waals surface area (Å²) in [4.78, 5) is 21.2. The molecule has 1 heterocycles. The highest BCUT2D eigenvalue weighted by atomic mass is 79.9. The lowest BCUT2D eigenvalue weighted by atomic mass is 9.88. The number of hydrogen-bond donors (Lipinski definition) is 0. The zero-order valence-electron chi connectivity index (χ0n) is 22.7. The summed E-state index contributed by atoms with van der Waals surface area (Å²) in [6.07, 6.45) is 10.2. The van der Waals surface area contributed by atoms with Gasteiger partial charge >= 0.3 is 0 Å². The van der Waals surface area contributed by atoms with Gasteiger partial charge in [-0.3, -0.25) is 4.79 Å². The average molecular weight is 583 g/mol. The summed E-state index contributed by atoms with van der Waals surface area (Å²) in [5.74, 6) is 1.64. The third kappa shape index (κ3) is 5.60. The maximum absolute atomic E-state index is 14.2. The van der Waals surface area contributed by atoms with Crippen molar-refractivity contribution in [3.05, 3.63) is 111 Å². The second-order valence-corrected chi connectivity index (χ2v) is 12.2. The average Bonchev–Trinajstić information content (AvgIpc) is 3.58. The number of nitrogens with zero attached hydrogens (tertiary/aromatic N) is 3. The van der Waals surface area contributed by atoms with E-state index in [1.807, 2.05) is 37.4 Å². The van der Waals surface area contributed by atoms with E-state index >= 15 is 0 Å². The Balaban J connectivity index is 1.38. The number of aromatic nitrogens is 2. The summed E-state index contributed by atoms with van der Waals surface area (Å²) in [6.45, 7) is 3.39. The highest BCUT2D eigenvalue weighted by molar-refractivity contribution is 9.10. The van der Waals surface area contributed by atoms with Crippen LogP contribution in [0.3, 0.4) is 0 Å². The summed E-state index contributed by atoms with van der Waals surface area (Å²) in [5.41, 5.74) is 6.90. The summed E-state index contributed by atoms with van der Waals surface area (Å²) < 4.78 is 3.29. The molecule has 4 nitrogen and oxygen atoms in total. The van der Waals surface area contributed by atoms with Crippen LogP contribution in [0.1, 0.15) is 70.9 Å². The van der Waals surface area contributed by atoms with Crippen LogP contribution in [-0.2, 0) is 19.4 Å². The minimum atomic E-state index is 0.0971. The minimum absolute atomic E-state index is 0.0971. The van der Waals surface area contributed by atoms with Gasteiger partial charge in [-0.1, -0.05) is 85.5 Å². The normalized spacial score (nSPS) is 15.8. The first-order chi connectivity index (χ1) is 19.1. The molecule has 1 saturated carbocycles. The van der Waals surface area contributed by atoms with E-state index in [9.17, 15) is 4.79 Å². The van der Waals surface area contributed by atoms with Gasteiger partial charge in [-0.05, 0) is 77.7 Å². The molecule has 0 spiro atoms. The van der Waals surface area contributed by atoms with Gasteiger partial charge in [-0.2, -0.15) is 0 Å². The number of aryl methyl sites for hydroxylation is 1. The van der Waals surface area contributed by atoms with Gasteiger partial charge in [-0.25, -0.2) is 4.98 Å².